The third-order valence-electron chi connectivity index (χ3n) is 4.30. The van der Waals surface area contributed by atoms with E-state index in [9.17, 15) is 22.8 Å². The molecule has 0 aliphatic rings. The number of halogens is 3. The van der Waals surface area contributed by atoms with Gasteiger partial charge in [0.05, 0.1) is 31.5 Å². The molecule has 1 aromatic carbocycles. The van der Waals surface area contributed by atoms with Crippen molar-refractivity contribution < 1.29 is 37.0 Å². The SMILES string of the molecule is CCOC(=O)C(C=Nc1ccc(OC)c2nc(C(F)(F)F)ccc12)=C(N)CNC(=O)OC(C)(C)C. The fourth-order valence-electron chi connectivity index (χ4n) is 2.80. The number of alkyl halides is 3. The number of nitrogens with zero attached hydrogens (tertiary/aromatic N) is 2. The van der Waals surface area contributed by atoms with Gasteiger partial charge in [-0.3, -0.25) is 4.99 Å². The smallest absolute Gasteiger partial charge is 0.433 e. The molecule has 9 nitrogen and oxygen atoms in total. The first-order chi connectivity index (χ1) is 16.3. The van der Waals surface area contributed by atoms with E-state index >= 15 is 0 Å². The number of alkyl carbamates (subject to hydrolysis) is 1. The molecule has 1 aromatic heterocycles. The van der Waals surface area contributed by atoms with Crippen LogP contribution >= 0.6 is 0 Å². The summed E-state index contributed by atoms with van der Waals surface area (Å²) in [5, 5.41) is 2.69. The van der Waals surface area contributed by atoms with Crippen molar-refractivity contribution in [1.82, 2.24) is 10.3 Å². The van der Waals surface area contributed by atoms with E-state index in [1.165, 1.54) is 25.3 Å². The van der Waals surface area contributed by atoms with Gasteiger partial charge in [-0.15, -0.1) is 0 Å². The van der Waals surface area contributed by atoms with E-state index in [-0.39, 0.29) is 46.8 Å². The van der Waals surface area contributed by atoms with Gasteiger partial charge in [0.2, 0.25) is 0 Å². The molecular weight excluding hydrogens is 469 g/mol. The fourth-order valence-corrected chi connectivity index (χ4v) is 2.80. The van der Waals surface area contributed by atoms with Gasteiger partial charge in [0.1, 0.15) is 22.6 Å². The monoisotopic (exact) mass is 496 g/mol. The van der Waals surface area contributed by atoms with E-state index < -0.39 is 29.5 Å². The number of esters is 1. The Kier molecular flexibility index (Phi) is 8.67. The van der Waals surface area contributed by atoms with Crippen molar-refractivity contribution in [2.45, 2.75) is 39.5 Å². The summed E-state index contributed by atoms with van der Waals surface area (Å²) in [6.45, 7) is 6.48. The Hall–Kier alpha value is -3.83. The van der Waals surface area contributed by atoms with E-state index in [1.807, 2.05) is 0 Å². The van der Waals surface area contributed by atoms with Crippen molar-refractivity contribution in [3.05, 3.63) is 41.2 Å². The Bertz CT molecular complexity index is 1150. The van der Waals surface area contributed by atoms with Crippen LogP contribution in [0.25, 0.3) is 10.9 Å². The minimum atomic E-state index is -4.64. The summed E-state index contributed by atoms with van der Waals surface area (Å²) >= 11 is 0. The lowest BCUT2D eigenvalue weighted by atomic mass is 10.1. The van der Waals surface area contributed by atoms with Crippen molar-refractivity contribution >= 4 is 34.9 Å². The number of hydrogen-bond donors (Lipinski definition) is 2. The van der Waals surface area contributed by atoms with Gasteiger partial charge < -0.3 is 25.3 Å². The number of ether oxygens (including phenoxy) is 3. The maximum Gasteiger partial charge on any atom is 0.433 e. The molecule has 2 aromatic rings. The van der Waals surface area contributed by atoms with Gasteiger partial charge in [0, 0.05) is 17.3 Å². The molecule has 1 amide bonds. The number of carbonyl (C=O) groups excluding carboxylic acids is 2. The molecule has 0 fully saturated rings. The highest BCUT2D eigenvalue weighted by molar-refractivity contribution is 6.11. The molecule has 1 heterocycles. The number of benzene rings is 1. The van der Waals surface area contributed by atoms with Gasteiger partial charge in [-0.25, -0.2) is 14.6 Å². The maximum atomic E-state index is 13.1. The van der Waals surface area contributed by atoms with Gasteiger partial charge in [0.15, 0.2) is 0 Å². The second-order valence-corrected chi connectivity index (χ2v) is 8.15. The Balaban J connectivity index is 2.45. The molecule has 0 saturated heterocycles. The third kappa shape index (κ3) is 7.59. The number of amides is 1. The molecule has 0 aliphatic heterocycles. The number of aliphatic imine (C=N–C) groups is 1. The Morgan fingerprint density at radius 3 is 2.43 bits per heavy atom. The molecule has 190 valence electrons. The first-order valence-electron chi connectivity index (χ1n) is 10.5. The van der Waals surface area contributed by atoms with Crippen LogP contribution in [0.5, 0.6) is 5.75 Å². The highest BCUT2D eigenvalue weighted by Crippen LogP contribution is 2.35. The summed E-state index contributed by atoms with van der Waals surface area (Å²) in [5.74, 6) is -0.678. The largest absolute Gasteiger partial charge is 0.494 e. The molecule has 2 rings (SSSR count). The minimum absolute atomic E-state index is 0.0541. The highest BCUT2D eigenvalue weighted by atomic mass is 19.4. The molecule has 35 heavy (non-hydrogen) atoms. The maximum absolute atomic E-state index is 13.1. The molecule has 0 bridgehead atoms. The molecule has 0 aliphatic carbocycles. The number of fused-ring (bicyclic) bond motifs is 1. The Morgan fingerprint density at radius 1 is 1.17 bits per heavy atom. The third-order valence-corrected chi connectivity index (χ3v) is 4.30. The van der Waals surface area contributed by atoms with E-state index in [0.29, 0.717) is 0 Å². The first kappa shape index (κ1) is 27.4. The van der Waals surface area contributed by atoms with Crippen molar-refractivity contribution in [3.63, 3.8) is 0 Å². The normalized spacial score (nSPS) is 12.9. The molecule has 0 spiro atoms. The standard InChI is InChI=1S/C23H27F3N4O5/c1-6-34-20(31)14(15(27)12-29-21(32)35-22(2,3)4)11-28-16-8-9-17(33-5)19-13(16)7-10-18(30-19)23(24,25)26/h7-11H,6,12,27H2,1-5H3,(H,29,32). The number of carbonyl (C=O) groups is 2. The number of nitrogens with one attached hydrogen (secondary N) is 1. The molecule has 0 atom stereocenters. The Morgan fingerprint density at radius 2 is 1.86 bits per heavy atom. The summed E-state index contributed by atoms with van der Waals surface area (Å²) in [6, 6.07) is 4.93. The summed E-state index contributed by atoms with van der Waals surface area (Å²) in [5.41, 5.74) is 4.13. The number of methoxy groups -OCH3 is 1. The average Bonchev–Trinajstić information content (AvgIpc) is 2.75. The van der Waals surface area contributed by atoms with Gasteiger partial charge in [0.25, 0.3) is 0 Å². The van der Waals surface area contributed by atoms with Crippen molar-refractivity contribution in [3.8, 4) is 5.75 Å². The van der Waals surface area contributed by atoms with Crippen LogP contribution in [-0.2, 0) is 20.4 Å². The second-order valence-electron chi connectivity index (χ2n) is 8.15. The lowest BCUT2D eigenvalue weighted by Crippen LogP contribution is -2.35. The number of aromatic nitrogens is 1. The van der Waals surface area contributed by atoms with Crippen LogP contribution in [-0.4, -0.2) is 49.1 Å². The summed E-state index contributed by atoms with van der Waals surface area (Å²) in [4.78, 5) is 32.2. The van der Waals surface area contributed by atoms with Crippen LogP contribution in [0.15, 0.2) is 40.5 Å². The van der Waals surface area contributed by atoms with Crippen LogP contribution in [0.4, 0.5) is 23.7 Å². The second kappa shape index (κ2) is 11.1. The number of pyridine rings is 1. The fraction of sp³-hybridized carbons (Fsp3) is 0.391. The zero-order valence-corrected chi connectivity index (χ0v) is 19.9. The van der Waals surface area contributed by atoms with Crippen molar-refractivity contribution in [1.29, 1.82) is 0 Å². The van der Waals surface area contributed by atoms with Crippen molar-refractivity contribution in [2.75, 3.05) is 20.3 Å². The lowest BCUT2D eigenvalue weighted by molar-refractivity contribution is -0.141. The molecule has 12 heteroatoms. The number of hydrogen-bond acceptors (Lipinski definition) is 8. The van der Waals surface area contributed by atoms with Crippen molar-refractivity contribution in [2.24, 2.45) is 10.7 Å². The van der Waals surface area contributed by atoms with E-state index in [2.05, 4.69) is 15.3 Å². The van der Waals surface area contributed by atoms with E-state index in [4.69, 9.17) is 19.9 Å². The van der Waals surface area contributed by atoms with Crippen LogP contribution in [0, 0.1) is 0 Å². The molecule has 3 N–H and O–H groups in total. The summed E-state index contributed by atoms with van der Waals surface area (Å²) in [7, 11) is 1.31. The molecule has 0 unspecified atom stereocenters. The lowest BCUT2D eigenvalue weighted by Gasteiger charge is -2.19. The van der Waals surface area contributed by atoms with Crippen LogP contribution in [0.3, 0.4) is 0 Å². The van der Waals surface area contributed by atoms with Gasteiger partial charge in [-0.1, -0.05) is 0 Å². The first-order valence-corrected chi connectivity index (χ1v) is 10.5. The quantitative estimate of drug-likeness (QED) is 0.333. The van der Waals surface area contributed by atoms with E-state index in [0.717, 1.165) is 12.3 Å². The molecular formula is C23H27F3N4O5. The summed E-state index contributed by atoms with van der Waals surface area (Å²) in [6.07, 6.45) is -4.27. The number of rotatable bonds is 7. The Labute approximate surface area is 200 Å². The highest BCUT2D eigenvalue weighted by Gasteiger charge is 2.33. The molecule has 0 saturated carbocycles. The molecule has 0 radical (unpaired) electrons. The topological polar surface area (TPSA) is 125 Å². The van der Waals surface area contributed by atoms with Gasteiger partial charge in [-0.05, 0) is 52.0 Å². The predicted molar refractivity (Wildman–Crippen MR) is 124 cm³/mol. The minimum Gasteiger partial charge on any atom is -0.494 e. The average molecular weight is 496 g/mol. The van der Waals surface area contributed by atoms with Gasteiger partial charge in [-0.2, -0.15) is 13.2 Å². The zero-order chi connectivity index (χ0) is 26.4. The summed E-state index contributed by atoms with van der Waals surface area (Å²) < 4.78 is 54.7. The van der Waals surface area contributed by atoms with Crippen LogP contribution < -0.4 is 15.8 Å². The van der Waals surface area contributed by atoms with E-state index in [1.54, 1.807) is 27.7 Å². The number of nitrogens with two attached hydrogens (primary N) is 1. The van der Waals surface area contributed by atoms with Crippen LogP contribution in [0.2, 0.25) is 0 Å². The van der Waals surface area contributed by atoms with Crippen LogP contribution in [0.1, 0.15) is 33.4 Å². The van der Waals surface area contributed by atoms with Gasteiger partial charge >= 0.3 is 18.2 Å². The predicted octanol–water partition coefficient (Wildman–Crippen LogP) is 4.27. The zero-order valence-electron chi connectivity index (χ0n) is 19.9.